The Balaban J connectivity index is 1.99. The van der Waals surface area contributed by atoms with Crippen molar-refractivity contribution in [3.8, 4) is 11.3 Å². The van der Waals surface area contributed by atoms with Gasteiger partial charge in [-0.15, -0.1) is 0 Å². The number of carbonyl (C=O) groups is 1. The molecule has 0 fully saturated rings. The summed E-state index contributed by atoms with van der Waals surface area (Å²) < 4.78 is 5.72. The van der Waals surface area contributed by atoms with Gasteiger partial charge in [0.05, 0.1) is 22.0 Å². The molecule has 5 heteroatoms. The van der Waals surface area contributed by atoms with E-state index in [2.05, 4.69) is 4.98 Å². The zero-order valence-electron chi connectivity index (χ0n) is 12.4. The normalized spacial score (nSPS) is 11.0. The second-order valence-corrected chi connectivity index (χ2v) is 5.36. The molecular formula is C19H11NO4. The van der Waals surface area contributed by atoms with Gasteiger partial charge in [-0.05, 0) is 30.3 Å². The van der Waals surface area contributed by atoms with Crippen LogP contribution in [0.5, 0.6) is 0 Å². The molecule has 5 nitrogen and oxygen atoms in total. The number of pyridine rings is 1. The van der Waals surface area contributed by atoms with Crippen LogP contribution in [-0.4, -0.2) is 16.1 Å². The van der Waals surface area contributed by atoms with E-state index in [1.54, 1.807) is 12.1 Å². The summed E-state index contributed by atoms with van der Waals surface area (Å²) in [5.74, 6) is -1.09. The van der Waals surface area contributed by atoms with Crippen molar-refractivity contribution in [1.82, 2.24) is 4.98 Å². The van der Waals surface area contributed by atoms with Crippen LogP contribution in [-0.2, 0) is 0 Å². The third kappa shape index (κ3) is 2.23. The standard InChI is InChI=1S/C19H11NO4/c21-17-13-7-8-15(11-4-2-1-3-5-11)20-18(13)24-16-9-6-12(19(22)23)10-14(16)17/h1-10H,(H,22,23). The summed E-state index contributed by atoms with van der Waals surface area (Å²) in [5.41, 5.74) is 1.92. The Hall–Kier alpha value is -3.47. The number of fused-ring (bicyclic) bond motifs is 2. The highest BCUT2D eigenvalue weighted by molar-refractivity contribution is 5.95. The van der Waals surface area contributed by atoms with Crippen molar-refractivity contribution in [2.45, 2.75) is 0 Å². The molecule has 0 bridgehead atoms. The first-order valence-electron chi connectivity index (χ1n) is 7.30. The first kappa shape index (κ1) is 14.1. The molecule has 0 unspecified atom stereocenters. The van der Waals surface area contributed by atoms with Gasteiger partial charge in [0.25, 0.3) is 0 Å². The maximum Gasteiger partial charge on any atom is 0.335 e. The lowest BCUT2D eigenvalue weighted by atomic mass is 10.1. The van der Waals surface area contributed by atoms with Crippen molar-refractivity contribution in [3.05, 3.63) is 76.5 Å². The predicted molar refractivity (Wildman–Crippen MR) is 90.2 cm³/mol. The zero-order chi connectivity index (χ0) is 16.7. The number of rotatable bonds is 2. The van der Waals surface area contributed by atoms with Gasteiger partial charge in [-0.25, -0.2) is 9.78 Å². The molecule has 0 aliphatic heterocycles. The molecule has 0 saturated carbocycles. The molecule has 0 spiro atoms. The monoisotopic (exact) mass is 317 g/mol. The van der Waals surface area contributed by atoms with E-state index in [1.807, 2.05) is 30.3 Å². The molecule has 4 aromatic rings. The first-order valence-corrected chi connectivity index (χ1v) is 7.30. The molecule has 1 N–H and O–H groups in total. The fraction of sp³-hybridized carbons (Fsp3) is 0. The van der Waals surface area contributed by atoms with E-state index in [-0.39, 0.29) is 22.1 Å². The molecule has 0 aliphatic carbocycles. The molecule has 116 valence electrons. The minimum atomic E-state index is -1.09. The van der Waals surface area contributed by atoms with Gasteiger partial charge in [-0.3, -0.25) is 4.79 Å². The van der Waals surface area contributed by atoms with E-state index < -0.39 is 5.97 Å². The van der Waals surface area contributed by atoms with Crippen molar-refractivity contribution in [3.63, 3.8) is 0 Å². The second-order valence-electron chi connectivity index (χ2n) is 5.36. The van der Waals surface area contributed by atoms with Crippen molar-refractivity contribution < 1.29 is 14.3 Å². The van der Waals surface area contributed by atoms with Crippen molar-refractivity contribution in [2.75, 3.05) is 0 Å². The average Bonchev–Trinajstić information content (AvgIpc) is 2.62. The van der Waals surface area contributed by atoms with Crippen LogP contribution in [0, 0.1) is 0 Å². The largest absolute Gasteiger partial charge is 0.478 e. The summed E-state index contributed by atoms with van der Waals surface area (Å²) in [4.78, 5) is 28.1. The number of aromatic carboxylic acids is 1. The number of benzene rings is 2. The molecule has 4 rings (SSSR count). The maximum absolute atomic E-state index is 12.6. The Morgan fingerprint density at radius 2 is 1.75 bits per heavy atom. The lowest BCUT2D eigenvalue weighted by Gasteiger charge is -2.04. The summed E-state index contributed by atoms with van der Waals surface area (Å²) in [6.07, 6.45) is 0. The summed E-state index contributed by atoms with van der Waals surface area (Å²) in [6.45, 7) is 0. The van der Waals surface area contributed by atoms with E-state index in [9.17, 15) is 9.59 Å². The Morgan fingerprint density at radius 1 is 0.958 bits per heavy atom. The van der Waals surface area contributed by atoms with Crippen molar-refractivity contribution >= 4 is 28.0 Å². The molecule has 0 amide bonds. The molecule has 2 heterocycles. The quantitative estimate of drug-likeness (QED) is 0.570. The number of hydrogen-bond acceptors (Lipinski definition) is 4. The van der Waals surface area contributed by atoms with Crippen LogP contribution >= 0.6 is 0 Å². The number of hydrogen-bond donors (Lipinski definition) is 1. The summed E-state index contributed by atoms with van der Waals surface area (Å²) in [6, 6.07) is 17.2. The number of carboxylic acids is 1. The van der Waals surface area contributed by atoms with E-state index in [1.165, 1.54) is 18.2 Å². The Labute approximate surface area is 135 Å². The fourth-order valence-corrected chi connectivity index (χ4v) is 2.64. The highest BCUT2D eigenvalue weighted by Crippen LogP contribution is 2.22. The third-order valence-corrected chi connectivity index (χ3v) is 3.85. The van der Waals surface area contributed by atoms with Gasteiger partial charge in [-0.2, -0.15) is 0 Å². The summed E-state index contributed by atoms with van der Waals surface area (Å²) >= 11 is 0. The van der Waals surface area contributed by atoms with Gasteiger partial charge in [0, 0.05) is 5.56 Å². The lowest BCUT2D eigenvalue weighted by molar-refractivity contribution is 0.0697. The fourth-order valence-electron chi connectivity index (χ4n) is 2.64. The average molecular weight is 317 g/mol. The molecule has 2 aromatic heterocycles. The van der Waals surface area contributed by atoms with Crippen LogP contribution in [0.4, 0.5) is 0 Å². The second kappa shape index (κ2) is 5.31. The van der Waals surface area contributed by atoms with Gasteiger partial charge in [-0.1, -0.05) is 30.3 Å². The number of aromatic nitrogens is 1. The Morgan fingerprint density at radius 3 is 2.50 bits per heavy atom. The van der Waals surface area contributed by atoms with Crippen LogP contribution in [0.1, 0.15) is 10.4 Å². The Bertz CT molecular complexity index is 1150. The topological polar surface area (TPSA) is 80.4 Å². The molecule has 0 atom stereocenters. The highest BCUT2D eigenvalue weighted by Gasteiger charge is 2.12. The van der Waals surface area contributed by atoms with E-state index in [4.69, 9.17) is 9.52 Å². The molecule has 0 aliphatic rings. The highest BCUT2D eigenvalue weighted by atomic mass is 16.4. The lowest BCUT2D eigenvalue weighted by Crippen LogP contribution is -2.05. The van der Waals surface area contributed by atoms with Crippen LogP contribution < -0.4 is 5.43 Å². The number of nitrogens with zero attached hydrogens (tertiary/aromatic N) is 1. The van der Waals surface area contributed by atoms with E-state index >= 15 is 0 Å². The van der Waals surface area contributed by atoms with Crippen LogP contribution in [0.15, 0.2) is 69.9 Å². The van der Waals surface area contributed by atoms with Gasteiger partial charge < -0.3 is 9.52 Å². The van der Waals surface area contributed by atoms with Crippen molar-refractivity contribution in [2.24, 2.45) is 0 Å². The van der Waals surface area contributed by atoms with Gasteiger partial charge in [0.1, 0.15) is 5.58 Å². The van der Waals surface area contributed by atoms with Crippen LogP contribution in [0.25, 0.3) is 33.3 Å². The molecule has 24 heavy (non-hydrogen) atoms. The molecule has 0 radical (unpaired) electrons. The molecular weight excluding hydrogens is 306 g/mol. The summed E-state index contributed by atoms with van der Waals surface area (Å²) in [5, 5.41) is 9.62. The first-order chi connectivity index (χ1) is 11.6. The predicted octanol–water partition coefficient (Wildman–Crippen LogP) is 3.71. The molecule has 0 saturated heterocycles. The number of carboxylic acid groups (broad SMARTS) is 1. The minimum absolute atomic E-state index is 0.0445. The third-order valence-electron chi connectivity index (χ3n) is 3.85. The van der Waals surface area contributed by atoms with Crippen LogP contribution in [0.2, 0.25) is 0 Å². The Kier molecular flexibility index (Phi) is 3.13. The van der Waals surface area contributed by atoms with Gasteiger partial charge >= 0.3 is 5.97 Å². The SMILES string of the molecule is O=C(O)c1ccc2oc3nc(-c4ccccc4)ccc3c(=O)c2c1. The molecule has 2 aromatic carbocycles. The van der Waals surface area contributed by atoms with Crippen molar-refractivity contribution in [1.29, 1.82) is 0 Å². The maximum atomic E-state index is 12.6. The van der Waals surface area contributed by atoms with Gasteiger partial charge in [0.2, 0.25) is 11.1 Å². The van der Waals surface area contributed by atoms with Crippen LogP contribution in [0.3, 0.4) is 0 Å². The van der Waals surface area contributed by atoms with E-state index in [0.29, 0.717) is 16.7 Å². The summed E-state index contributed by atoms with van der Waals surface area (Å²) in [7, 11) is 0. The smallest absolute Gasteiger partial charge is 0.335 e. The van der Waals surface area contributed by atoms with Gasteiger partial charge in [0.15, 0.2) is 0 Å². The van der Waals surface area contributed by atoms with E-state index in [0.717, 1.165) is 5.56 Å². The zero-order valence-corrected chi connectivity index (χ0v) is 12.4. The minimum Gasteiger partial charge on any atom is -0.478 e.